The van der Waals surface area contributed by atoms with Crippen LogP contribution in [0.15, 0.2) is 24.4 Å². The van der Waals surface area contributed by atoms with Crippen molar-refractivity contribution in [3.63, 3.8) is 0 Å². The summed E-state index contributed by atoms with van der Waals surface area (Å²) in [6.45, 7) is 3.53. The van der Waals surface area contributed by atoms with Crippen molar-refractivity contribution in [3.05, 3.63) is 30.1 Å². The monoisotopic (exact) mass is 193 g/mol. The highest BCUT2D eigenvalue weighted by molar-refractivity contribution is 5.81. The van der Waals surface area contributed by atoms with E-state index < -0.39 is 6.04 Å². The van der Waals surface area contributed by atoms with Gasteiger partial charge in [-0.15, -0.1) is 0 Å². The lowest BCUT2D eigenvalue weighted by atomic mass is 10.2. The topological polar surface area (TPSA) is 68.0 Å². The van der Waals surface area contributed by atoms with Crippen molar-refractivity contribution >= 4 is 5.91 Å². The molecule has 0 bridgehead atoms. The van der Waals surface area contributed by atoms with Crippen LogP contribution in [0.4, 0.5) is 0 Å². The number of nitrogens with two attached hydrogens (primary N) is 1. The molecule has 1 heterocycles. The van der Waals surface area contributed by atoms with Crippen molar-refractivity contribution in [1.82, 2.24) is 10.3 Å². The molecule has 2 atom stereocenters. The lowest BCUT2D eigenvalue weighted by Crippen LogP contribution is -2.39. The van der Waals surface area contributed by atoms with Gasteiger partial charge in [-0.25, -0.2) is 0 Å². The van der Waals surface area contributed by atoms with Crippen LogP contribution in [0.5, 0.6) is 0 Å². The number of nitrogens with one attached hydrogen (secondary N) is 1. The van der Waals surface area contributed by atoms with Gasteiger partial charge in [0.2, 0.25) is 5.91 Å². The van der Waals surface area contributed by atoms with E-state index in [1.807, 2.05) is 25.1 Å². The molecule has 0 spiro atoms. The standard InChI is InChI=1S/C10H15N3O/c1-7(11)10(14)13-8(2)9-5-3-4-6-12-9/h3-8H,11H2,1-2H3,(H,13,14)/t7?,8-/m1/s1. The minimum absolute atomic E-state index is 0.102. The normalized spacial score (nSPS) is 14.5. The Morgan fingerprint density at radius 1 is 1.50 bits per heavy atom. The van der Waals surface area contributed by atoms with E-state index in [2.05, 4.69) is 10.3 Å². The Bertz CT molecular complexity index is 297. The Kier molecular flexibility index (Phi) is 3.59. The maximum atomic E-state index is 11.3. The molecule has 14 heavy (non-hydrogen) atoms. The van der Waals surface area contributed by atoms with E-state index in [1.54, 1.807) is 13.1 Å². The Hall–Kier alpha value is -1.42. The summed E-state index contributed by atoms with van der Waals surface area (Å²) >= 11 is 0. The Morgan fingerprint density at radius 3 is 2.71 bits per heavy atom. The zero-order valence-electron chi connectivity index (χ0n) is 8.40. The second-order valence-corrected chi connectivity index (χ2v) is 3.27. The first-order valence-corrected chi connectivity index (χ1v) is 4.58. The predicted octanol–water partition coefficient (Wildman–Crippen LogP) is 0.606. The average molecular weight is 193 g/mol. The summed E-state index contributed by atoms with van der Waals surface area (Å²) < 4.78 is 0. The van der Waals surface area contributed by atoms with E-state index in [0.717, 1.165) is 5.69 Å². The molecule has 0 aliphatic heterocycles. The van der Waals surface area contributed by atoms with Crippen LogP contribution in [0.3, 0.4) is 0 Å². The highest BCUT2D eigenvalue weighted by atomic mass is 16.2. The predicted molar refractivity (Wildman–Crippen MR) is 54.4 cm³/mol. The molecule has 1 amide bonds. The maximum Gasteiger partial charge on any atom is 0.237 e. The van der Waals surface area contributed by atoms with Crippen LogP contribution in [0.2, 0.25) is 0 Å². The van der Waals surface area contributed by atoms with E-state index in [1.165, 1.54) is 0 Å². The van der Waals surface area contributed by atoms with Crippen LogP contribution in [-0.4, -0.2) is 16.9 Å². The van der Waals surface area contributed by atoms with Crippen LogP contribution in [0.1, 0.15) is 25.6 Å². The third kappa shape index (κ3) is 2.81. The molecule has 0 aromatic carbocycles. The summed E-state index contributed by atoms with van der Waals surface area (Å²) in [4.78, 5) is 15.4. The van der Waals surface area contributed by atoms with Gasteiger partial charge in [-0.2, -0.15) is 0 Å². The number of aromatic nitrogens is 1. The Labute approximate surface area is 83.5 Å². The van der Waals surface area contributed by atoms with Crippen LogP contribution in [0, 0.1) is 0 Å². The first-order chi connectivity index (χ1) is 6.61. The number of amides is 1. The van der Waals surface area contributed by atoms with Gasteiger partial charge in [0.25, 0.3) is 0 Å². The number of hydrogen-bond acceptors (Lipinski definition) is 3. The van der Waals surface area contributed by atoms with Crippen molar-refractivity contribution in [2.24, 2.45) is 5.73 Å². The van der Waals surface area contributed by atoms with Gasteiger partial charge in [-0.3, -0.25) is 9.78 Å². The number of pyridine rings is 1. The van der Waals surface area contributed by atoms with Gasteiger partial charge in [0.05, 0.1) is 17.8 Å². The summed E-state index contributed by atoms with van der Waals surface area (Å²) in [5.74, 6) is -0.164. The fourth-order valence-electron chi connectivity index (χ4n) is 1.05. The zero-order valence-corrected chi connectivity index (χ0v) is 8.40. The molecule has 3 N–H and O–H groups in total. The van der Waals surface area contributed by atoms with Gasteiger partial charge in [0.15, 0.2) is 0 Å². The fraction of sp³-hybridized carbons (Fsp3) is 0.400. The second kappa shape index (κ2) is 4.72. The SMILES string of the molecule is CC(N)C(=O)N[C@H](C)c1ccccn1. The van der Waals surface area contributed by atoms with E-state index in [4.69, 9.17) is 5.73 Å². The molecule has 1 rings (SSSR count). The van der Waals surface area contributed by atoms with Crippen molar-refractivity contribution < 1.29 is 4.79 Å². The molecule has 0 aliphatic rings. The molecule has 1 aromatic heterocycles. The first kappa shape index (κ1) is 10.7. The molecule has 1 aromatic rings. The summed E-state index contributed by atoms with van der Waals surface area (Å²) in [6, 6.07) is 5.00. The fourth-order valence-corrected chi connectivity index (χ4v) is 1.05. The zero-order chi connectivity index (χ0) is 10.6. The highest BCUT2D eigenvalue weighted by Gasteiger charge is 2.12. The average Bonchev–Trinajstić information content (AvgIpc) is 2.19. The molecule has 0 radical (unpaired) electrons. The van der Waals surface area contributed by atoms with Crippen molar-refractivity contribution in [2.75, 3.05) is 0 Å². The van der Waals surface area contributed by atoms with Crippen molar-refractivity contribution in [3.8, 4) is 0 Å². The number of rotatable bonds is 3. The molecule has 0 saturated carbocycles. The molecule has 76 valence electrons. The molecule has 0 fully saturated rings. The molecule has 4 heteroatoms. The summed E-state index contributed by atoms with van der Waals surface area (Å²) in [5.41, 5.74) is 6.26. The smallest absolute Gasteiger partial charge is 0.237 e. The first-order valence-electron chi connectivity index (χ1n) is 4.58. The summed E-state index contributed by atoms with van der Waals surface area (Å²) in [5, 5.41) is 2.77. The number of hydrogen-bond donors (Lipinski definition) is 2. The van der Waals surface area contributed by atoms with Gasteiger partial charge in [-0.1, -0.05) is 6.07 Å². The summed E-state index contributed by atoms with van der Waals surface area (Å²) in [7, 11) is 0. The number of carbonyl (C=O) groups excluding carboxylic acids is 1. The van der Waals surface area contributed by atoms with Gasteiger partial charge in [-0.05, 0) is 26.0 Å². The van der Waals surface area contributed by atoms with E-state index >= 15 is 0 Å². The van der Waals surface area contributed by atoms with E-state index in [9.17, 15) is 4.79 Å². The Morgan fingerprint density at radius 2 is 2.21 bits per heavy atom. The van der Waals surface area contributed by atoms with Gasteiger partial charge in [0, 0.05) is 6.20 Å². The van der Waals surface area contributed by atoms with Crippen molar-refractivity contribution in [2.45, 2.75) is 25.9 Å². The van der Waals surface area contributed by atoms with Gasteiger partial charge in [0.1, 0.15) is 0 Å². The van der Waals surface area contributed by atoms with Gasteiger partial charge >= 0.3 is 0 Å². The molecule has 0 aliphatic carbocycles. The largest absolute Gasteiger partial charge is 0.347 e. The third-order valence-corrected chi connectivity index (χ3v) is 1.90. The number of carbonyl (C=O) groups is 1. The van der Waals surface area contributed by atoms with Crippen LogP contribution < -0.4 is 11.1 Å². The quantitative estimate of drug-likeness (QED) is 0.739. The molecule has 0 saturated heterocycles. The minimum Gasteiger partial charge on any atom is -0.347 e. The number of nitrogens with zero attached hydrogens (tertiary/aromatic N) is 1. The summed E-state index contributed by atoms with van der Waals surface area (Å²) in [6.07, 6.45) is 1.70. The molecule has 1 unspecified atom stereocenters. The molecule has 4 nitrogen and oxygen atoms in total. The lowest BCUT2D eigenvalue weighted by molar-refractivity contribution is -0.122. The van der Waals surface area contributed by atoms with E-state index in [-0.39, 0.29) is 11.9 Å². The third-order valence-electron chi connectivity index (χ3n) is 1.90. The second-order valence-electron chi connectivity index (χ2n) is 3.27. The molecular weight excluding hydrogens is 178 g/mol. The highest BCUT2D eigenvalue weighted by Crippen LogP contribution is 2.07. The lowest BCUT2D eigenvalue weighted by Gasteiger charge is -2.14. The van der Waals surface area contributed by atoms with Crippen LogP contribution in [-0.2, 0) is 4.79 Å². The van der Waals surface area contributed by atoms with Crippen molar-refractivity contribution in [1.29, 1.82) is 0 Å². The maximum absolute atomic E-state index is 11.3. The minimum atomic E-state index is -0.485. The van der Waals surface area contributed by atoms with Crippen LogP contribution in [0.25, 0.3) is 0 Å². The molecular formula is C10H15N3O. The Balaban J connectivity index is 2.59. The van der Waals surface area contributed by atoms with Crippen LogP contribution >= 0.6 is 0 Å². The van der Waals surface area contributed by atoms with Gasteiger partial charge < -0.3 is 11.1 Å². The van der Waals surface area contributed by atoms with E-state index in [0.29, 0.717) is 0 Å².